The lowest BCUT2D eigenvalue weighted by Gasteiger charge is -2.14. The Balaban J connectivity index is 2.70. The molecule has 1 N–H and O–H groups in total. The number of rotatable bonds is 1. The summed E-state index contributed by atoms with van der Waals surface area (Å²) in [6.07, 6.45) is -1.12. The van der Waals surface area contributed by atoms with Gasteiger partial charge in [-0.2, -0.15) is 0 Å². The van der Waals surface area contributed by atoms with Crippen LogP contribution in [0.2, 0.25) is 0 Å². The molecule has 1 atom stereocenters. The molecular weight excluding hydrogens is 164 g/mol. The van der Waals surface area contributed by atoms with Crippen LogP contribution in [0, 0.1) is 0 Å². The summed E-state index contributed by atoms with van der Waals surface area (Å²) in [7, 11) is 1.37. The smallest absolute Gasteiger partial charge is 0.327 e. The van der Waals surface area contributed by atoms with Crippen LogP contribution in [0.15, 0.2) is 0 Å². The Morgan fingerprint density at radius 1 is 1.58 bits per heavy atom. The highest BCUT2D eigenvalue weighted by Gasteiger charge is 2.37. The van der Waals surface area contributed by atoms with E-state index >= 15 is 0 Å². The zero-order valence-electron chi connectivity index (χ0n) is 6.66. The number of ether oxygens (including phenoxy) is 1. The zero-order chi connectivity index (χ0) is 9.30. The molecule has 1 saturated heterocycles. The highest BCUT2D eigenvalue weighted by Crippen LogP contribution is 2.06. The van der Waals surface area contributed by atoms with Crippen molar-refractivity contribution in [3.05, 3.63) is 0 Å². The Labute approximate surface area is 68.5 Å². The fraction of sp³-hybridized carbons (Fsp3) is 0.500. The van der Waals surface area contributed by atoms with E-state index in [2.05, 4.69) is 4.74 Å². The standard InChI is InChI=1S/C6H8N2O4/c1-3(9)12-5-4(10)7-6(11)8(5)2/h5H,1-2H3,(H,7,10,11). The fourth-order valence-electron chi connectivity index (χ4n) is 0.827. The van der Waals surface area contributed by atoms with Gasteiger partial charge >= 0.3 is 12.0 Å². The van der Waals surface area contributed by atoms with Gasteiger partial charge in [0.15, 0.2) is 0 Å². The summed E-state index contributed by atoms with van der Waals surface area (Å²) in [4.78, 5) is 33.1. The largest absolute Gasteiger partial charge is 0.432 e. The third-order valence-electron chi connectivity index (χ3n) is 1.40. The Morgan fingerprint density at radius 2 is 2.17 bits per heavy atom. The number of esters is 1. The molecule has 1 unspecified atom stereocenters. The molecule has 0 aromatic rings. The van der Waals surface area contributed by atoms with E-state index in [1.54, 1.807) is 0 Å². The molecule has 6 heteroatoms. The van der Waals surface area contributed by atoms with Crippen molar-refractivity contribution in [2.24, 2.45) is 0 Å². The van der Waals surface area contributed by atoms with Gasteiger partial charge in [-0.1, -0.05) is 0 Å². The van der Waals surface area contributed by atoms with Crippen LogP contribution in [-0.4, -0.2) is 36.1 Å². The Bertz CT molecular complexity index is 250. The minimum absolute atomic E-state index is 0.564. The first-order valence-electron chi connectivity index (χ1n) is 3.27. The third-order valence-corrected chi connectivity index (χ3v) is 1.40. The number of carbonyl (C=O) groups excluding carboxylic acids is 3. The number of likely N-dealkylation sites (N-methyl/N-ethyl adjacent to an activating group) is 1. The summed E-state index contributed by atoms with van der Waals surface area (Å²) < 4.78 is 4.56. The first kappa shape index (κ1) is 8.51. The van der Waals surface area contributed by atoms with Crippen molar-refractivity contribution in [2.75, 3.05) is 7.05 Å². The predicted molar refractivity (Wildman–Crippen MR) is 36.9 cm³/mol. The van der Waals surface area contributed by atoms with Crippen LogP contribution >= 0.6 is 0 Å². The first-order chi connectivity index (χ1) is 5.52. The number of hydrogen-bond donors (Lipinski definition) is 1. The highest BCUT2D eigenvalue weighted by molar-refractivity contribution is 6.03. The van der Waals surface area contributed by atoms with Crippen molar-refractivity contribution < 1.29 is 19.1 Å². The monoisotopic (exact) mass is 172 g/mol. The van der Waals surface area contributed by atoms with Gasteiger partial charge in [-0.05, 0) is 0 Å². The summed E-state index contributed by atoms with van der Waals surface area (Å²) in [5, 5.41) is 1.99. The summed E-state index contributed by atoms with van der Waals surface area (Å²) in [5.74, 6) is -1.21. The van der Waals surface area contributed by atoms with E-state index in [1.165, 1.54) is 14.0 Å². The van der Waals surface area contributed by atoms with E-state index in [0.717, 1.165) is 4.90 Å². The molecule has 1 fully saturated rings. The topological polar surface area (TPSA) is 75.7 Å². The molecule has 1 rings (SSSR count). The summed E-state index contributed by atoms with van der Waals surface area (Å²) in [5.41, 5.74) is 0. The van der Waals surface area contributed by atoms with Crippen molar-refractivity contribution in [2.45, 2.75) is 13.2 Å². The van der Waals surface area contributed by atoms with Crippen LogP contribution in [0.25, 0.3) is 0 Å². The number of imide groups is 1. The Kier molecular flexibility index (Phi) is 1.99. The molecule has 1 heterocycles. The average molecular weight is 172 g/mol. The molecule has 3 amide bonds. The van der Waals surface area contributed by atoms with Crippen LogP contribution in [0.1, 0.15) is 6.92 Å². The van der Waals surface area contributed by atoms with Crippen LogP contribution < -0.4 is 5.32 Å². The maximum Gasteiger partial charge on any atom is 0.327 e. The molecule has 0 aromatic carbocycles. The van der Waals surface area contributed by atoms with E-state index in [4.69, 9.17) is 0 Å². The molecule has 0 radical (unpaired) electrons. The third kappa shape index (κ3) is 1.36. The summed E-state index contributed by atoms with van der Waals surface area (Å²) >= 11 is 0. The maximum absolute atomic E-state index is 10.9. The van der Waals surface area contributed by atoms with Crippen molar-refractivity contribution in [1.29, 1.82) is 0 Å². The van der Waals surface area contributed by atoms with Gasteiger partial charge in [0, 0.05) is 14.0 Å². The van der Waals surface area contributed by atoms with Crippen LogP contribution in [0.5, 0.6) is 0 Å². The number of nitrogens with one attached hydrogen (secondary N) is 1. The molecular formula is C6H8N2O4. The normalized spacial score (nSPS) is 22.5. The van der Waals surface area contributed by atoms with Gasteiger partial charge in [-0.15, -0.1) is 0 Å². The van der Waals surface area contributed by atoms with Crippen molar-refractivity contribution in [3.63, 3.8) is 0 Å². The SMILES string of the molecule is CC(=O)OC1C(=O)NC(=O)N1C. The lowest BCUT2D eigenvalue weighted by Crippen LogP contribution is -2.35. The molecule has 0 saturated carbocycles. The average Bonchev–Trinajstić information content (AvgIpc) is 2.16. The van der Waals surface area contributed by atoms with E-state index < -0.39 is 24.1 Å². The Morgan fingerprint density at radius 3 is 2.50 bits per heavy atom. The number of nitrogens with zero attached hydrogens (tertiary/aromatic N) is 1. The van der Waals surface area contributed by atoms with E-state index in [1.807, 2.05) is 5.32 Å². The first-order valence-corrected chi connectivity index (χ1v) is 3.27. The number of amides is 3. The lowest BCUT2D eigenvalue weighted by atomic mass is 10.5. The molecule has 1 aliphatic rings. The van der Waals surface area contributed by atoms with Crippen molar-refractivity contribution in [1.82, 2.24) is 10.2 Å². The summed E-state index contributed by atoms with van der Waals surface area (Å²) in [6, 6.07) is -0.564. The van der Waals surface area contributed by atoms with Gasteiger partial charge < -0.3 is 4.74 Å². The molecule has 0 bridgehead atoms. The Hall–Kier alpha value is -1.59. The van der Waals surface area contributed by atoms with E-state index in [9.17, 15) is 14.4 Å². The molecule has 1 aliphatic heterocycles. The van der Waals surface area contributed by atoms with Gasteiger partial charge in [0.25, 0.3) is 12.1 Å². The number of urea groups is 1. The van der Waals surface area contributed by atoms with Crippen molar-refractivity contribution >= 4 is 17.9 Å². The van der Waals surface area contributed by atoms with Crippen LogP contribution in [0.3, 0.4) is 0 Å². The maximum atomic E-state index is 10.9. The molecule has 6 nitrogen and oxygen atoms in total. The highest BCUT2D eigenvalue weighted by atomic mass is 16.6. The summed E-state index contributed by atoms with van der Waals surface area (Å²) in [6.45, 7) is 1.17. The second kappa shape index (κ2) is 2.80. The molecule has 0 aromatic heterocycles. The van der Waals surface area contributed by atoms with Gasteiger partial charge in [-0.3, -0.25) is 19.8 Å². The van der Waals surface area contributed by atoms with Crippen LogP contribution in [-0.2, 0) is 14.3 Å². The number of hydrogen-bond acceptors (Lipinski definition) is 4. The molecule has 12 heavy (non-hydrogen) atoms. The quantitative estimate of drug-likeness (QED) is 0.409. The second-order valence-electron chi connectivity index (χ2n) is 2.37. The van der Waals surface area contributed by atoms with E-state index in [-0.39, 0.29) is 0 Å². The van der Waals surface area contributed by atoms with Gasteiger partial charge in [0.1, 0.15) is 0 Å². The number of carbonyl (C=O) groups is 3. The van der Waals surface area contributed by atoms with Gasteiger partial charge in [-0.25, -0.2) is 4.79 Å². The zero-order valence-corrected chi connectivity index (χ0v) is 6.66. The fourth-order valence-corrected chi connectivity index (χ4v) is 0.827. The van der Waals surface area contributed by atoms with Gasteiger partial charge in [0.2, 0.25) is 0 Å². The van der Waals surface area contributed by atoms with Gasteiger partial charge in [0.05, 0.1) is 0 Å². The second-order valence-corrected chi connectivity index (χ2v) is 2.37. The predicted octanol–water partition coefficient (Wildman–Crippen LogP) is -0.943. The molecule has 0 spiro atoms. The molecule has 0 aliphatic carbocycles. The molecule has 66 valence electrons. The van der Waals surface area contributed by atoms with Crippen LogP contribution in [0.4, 0.5) is 4.79 Å². The minimum Gasteiger partial charge on any atom is -0.432 e. The van der Waals surface area contributed by atoms with E-state index in [0.29, 0.717) is 0 Å². The minimum atomic E-state index is -1.12. The van der Waals surface area contributed by atoms with Crippen molar-refractivity contribution in [3.8, 4) is 0 Å². The lowest BCUT2D eigenvalue weighted by molar-refractivity contribution is -0.158.